The summed E-state index contributed by atoms with van der Waals surface area (Å²) in [5.74, 6) is 0.370. The maximum absolute atomic E-state index is 12.3. The molecule has 0 atom stereocenters. The molecular weight excluding hydrogens is 314 g/mol. The van der Waals surface area contributed by atoms with Crippen LogP contribution in [0.1, 0.15) is 18.1 Å². The number of ether oxygens (including phenoxy) is 1. The number of guanidine groups is 1. The Labute approximate surface area is 139 Å². The van der Waals surface area contributed by atoms with Gasteiger partial charge >= 0.3 is 0 Å². The number of rotatable bonds is 7. The summed E-state index contributed by atoms with van der Waals surface area (Å²) in [4.78, 5) is 8.16. The number of aromatic nitrogens is 1. The molecule has 0 fully saturated rings. The summed E-state index contributed by atoms with van der Waals surface area (Å²) < 4.78 is 29.5. The van der Waals surface area contributed by atoms with Crippen LogP contribution in [0.5, 0.6) is 5.88 Å². The molecule has 1 aromatic carbocycles. The van der Waals surface area contributed by atoms with Gasteiger partial charge in [-0.1, -0.05) is 25.1 Å². The third-order valence-corrected chi connectivity index (χ3v) is 3.22. The highest BCUT2D eigenvalue weighted by Crippen LogP contribution is 2.16. The van der Waals surface area contributed by atoms with E-state index in [0.717, 1.165) is 12.1 Å². The Morgan fingerprint density at radius 1 is 1.33 bits per heavy atom. The molecule has 0 aliphatic rings. The summed E-state index contributed by atoms with van der Waals surface area (Å²) in [5, 5.41) is 3.00. The van der Waals surface area contributed by atoms with E-state index in [9.17, 15) is 8.78 Å². The van der Waals surface area contributed by atoms with Crippen molar-refractivity contribution in [3.05, 3.63) is 53.7 Å². The first-order chi connectivity index (χ1) is 11.6. The first-order valence-electron chi connectivity index (χ1n) is 7.59. The van der Waals surface area contributed by atoms with Gasteiger partial charge in [0.2, 0.25) is 5.88 Å². The molecule has 0 aliphatic heterocycles. The molecule has 3 N–H and O–H groups in total. The second-order valence-corrected chi connectivity index (χ2v) is 5.05. The molecule has 0 radical (unpaired) electrons. The molecule has 0 amide bonds. The van der Waals surface area contributed by atoms with E-state index < -0.39 is 13.0 Å². The maximum Gasteiger partial charge on any atom is 0.272 e. The molecule has 0 saturated heterocycles. The largest absolute Gasteiger partial charge is 0.471 e. The van der Waals surface area contributed by atoms with Gasteiger partial charge in [0.15, 0.2) is 12.6 Å². The number of aryl methyl sites for hydroxylation is 1. The minimum atomic E-state index is -2.55. The molecule has 5 nitrogen and oxygen atoms in total. The second kappa shape index (κ2) is 8.81. The molecule has 128 valence electrons. The van der Waals surface area contributed by atoms with Crippen LogP contribution in [0.15, 0.2) is 47.6 Å². The molecule has 0 aliphatic carbocycles. The lowest BCUT2D eigenvalue weighted by molar-refractivity contribution is 0.0791. The molecule has 24 heavy (non-hydrogen) atoms. The van der Waals surface area contributed by atoms with Gasteiger partial charge < -0.3 is 15.8 Å². The predicted molar refractivity (Wildman–Crippen MR) is 90.5 cm³/mol. The van der Waals surface area contributed by atoms with Crippen molar-refractivity contribution in [3.8, 4) is 5.88 Å². The number of halogens is 2. The Morgan fingerprint density at radius 2 is 2.17 bits per heavy atom. The highest BCUT2D eigenvalue weighted by atomic mass is 19.3. The lowest BCUT2D eigenvalue weighted by Crippen LogP contribution is -2.22. The second-order valence-electron chi connectivity index (χ2n) is 5.05. The average Bonchev–Trinajstić information content (AvgIpc) is 2.59. The fraction of sp³-hybridized carbons (Fsp3) is 0.294. The van der Waals surface area contributed by atoms with Crippen LogP contribution in [0, 0.1) is 0 Å². The van der Waals surface area contributed by atoms with Gasteiger partial charge in [0, 0.05) is 17.4 Å². The van der Waals surface area contributed by atoms with Crippen molar-refractivity contribution in [1.29, 1.82) is 0 Å². The Hall–Kier alpha value is -2.70. The van der Waals surface area contributed by atoms with Crippen molar-refractivity contribution in [2.45, 2.75) is 26.3 Å². The van der Waals surface area contributed by atoms with Gasteiger partial charge in [-0.2, -0.15) is 0 Å². The smallest absolute Gasteiger partial charge is 0.272 e. The van der Waals surface area contributed by atoms with Gasteiger partial charge in [0.1, 0.15) is 0 Å². The topological polar surface area (TPSA) is 72.5 Å². The molecule has 1 aromatic heterocycles. The molecular formula is C17H20F2N4O. The standard InChI is InChI=1S/C17H20F2N4O/c1-2-12-5-3-7-14(9-12)23-17(20)22-10-13-6-4-8-21-16(13)24-11-15(18)19/h3-9,15H,2,10-11H2,1H3,(H3,20,22,23). The van der Waals surface area contributed by atoms with Crippen LogP contribution in [0.25, 0.3) is 0 Å². The molecule has 0 bridgehead atoms. The van der Waals surface area contributed by atoms with E-state index >= 15 is 0 Å². The summed E-state index contributed by atoms with van der Waals surface area (Å²) in [6, 6.07) is 11.2. The average molecular weight is 334 g/mol. The van der Waals surface area contributed by atoms with E-state index in [2.05, 4.69) is 22.2 Å². The number of hydrogen-bond acceptors (Lipinski definition) is 3. The minimum absolute atomic E-state index is 0.141. The Kier molecular flexibility index (Phi) is 6.48. The van der Waals surface area contributed by atoms with Crippen LogP contribution in [-0.2, 0) is 13.0 Å². The van der Waals surface area contributed by atoms with Crippen molar-refractivity contribution in [2.75, 3.05) is 11.9 Å². The number of nitrogens with one attached hydrogen (secondary N) is 1. The molecule has 0 spiro atoms. The Morgan fingerprint density at radius 3 is 2.92 bits per heavy atom. The van der Waals surface area contributed by atoms with E-state index in [4.69, 9.17) is 10.5 Å². The van der Waals surface area contributed by atoms with Crippen LogP contribution >= 0.6 is 0 Å². The SMILES string of the molecule is CCc1cccc(NC(N)=NCc2cccnc2OCC(F)F)c1. The number of nitrogens with zero attached hydrogens (tertiary/aromatic N) is 2. The number of hydrogen-bond donors (Lipinski definition) is 2. The van der Waals surface area contributed by atoms with Crippen molar-refractivity contribution in [3.63, 3.8) is 0 Å². The molecule has 1 heterocycles. The van der Waals surface area contributed by atoms with Crippen LogP contribution in [0.2, 0.25) is 0 Å². The number of pyridine rings is 1. The van der Waals surface area contributed by atoms with Gasteiger partial charge in [-0.05, 0) is 30.2 Å². The summed E-state index contributed by atoms with van der Waals surface area (Å²) in [7, 11) is 0. The zero-order valence-corrected chi connectivity index (χ0v) is 13.4. The first kappa shape index (κ1) is 17.7. The van der Waals surface area contributed by atoms with Crippen molar-refractivity contribution < 1.29 is 13.5 Å². The molecule has 2 rings (SSSR count). The number of aliphatic imine (C=N–C) groups is 1. The van der Waals surface area contributed by atoms with Gasteiger partial charge in [0.05, 0.1) is 6.54 Å². The Bertz CT molecular complexity index is 692. The predicted octanol–water partition coefficient (Wildman–Crippen LogP) is 3.21. The first-order valence-corrected chi connectivity index (χ1v) is 7.59. The number of nitrogens with two attached hydrogens (primary N) is 1. The third kappa shape index (κ3) is 5.49. The lowest BCUT2D eigenvalue weighted by Gasteiger charge is -2.09. The maximum atomic E-state index is 12.3. The number of benzene rings is 1. The molecule has 0 saturated carbocycles. The fourth-order valence-electron chi connectivity index (χ4n) is 2.04. The van der Waals surface area contributed by atoms with Crippen LogP contribution < -0.4 is 15.8 Å². The summed E-state index contributed by atoms with van der Waals surface area (Å²) in [5.41, 5.74) is 8.49. The van der Waals surface area contributed by atoms with Crippen molar-refractivity contribution >= 4 is 11.6 Å². The van der Waals surface area contributed by atoms with Crippen LogP contribution in [-0.4, -0.2) is 24.0 Å². The zero-order chi connectivity index (χ0) is 17.4. The highest BCUT2D eigenvalue weighted by molar-refractivity contribution is 5.92. The van der Waals surface area contributed by atoms with Crippen molar-refractivity contribution in [2.24, 2.45) is 10.7 Å². The van der Waals surface area contributed by atoms with E-state index in [0.29, 0.717) is 5.56 Å². The normalized spacial score (nSPS) is 11.6. The third-order valence-electron chi connectivity index (χ3n) is 3.22. The number of alkyl halides is 2. The highest BCUT2D eigenvalue weighted by Gasteiger charge is 2.08. The molecule has 0 unspecified atom stereocenters. The van der Waals surface area contributed by atoms with Crippen LogP contribution in [0.4, 0.5) is 14.5 Å². The Balaban J connectivity index is 2.01. The molecule has 7 heteroatoms. The molecule has 2 aromatic rings. The summed E-state index contributed by atoms with van der Waals surface area (Å²) >= 11 is 0. The van der Waals surface area contributed by atoms with Gasteiger partial charge in [0.25, 0.3) is 6.43 Å². The van der Waals surface area contributed by atoms with Gasteiger partial charge in [-0.25, -0.2) is 18.8 Å². The number of anilines is 1. The zero-order valence-electron chi connectivity index (χ0n) is 13.4. The van der Waals surface area contributed by atoms with E-state index in [-0.39, 0.29) is 18.4 Å². The quantitative estimate of drug-likeness (QED) is 0.602. The van der Waals surface area contributed by atoms with Gasteiger partial charge in [-0.15, -0.1) is 0 Å². The van der Waals surface area contributed by atoms with Gasteiger partial charge in [-0.3, -0.25) is 0 Å². The minimum Gasteiger partial charge on any atom is -0.471 e. The van der Waals surface area contributed by atoms with Crippen LogP contribution in [0.3, 0.4) is 0 Å². The van der Waals surface area contributed by atoms with E-state index in [1.54, 1.807) is 12.1 Å². The van der Waals surface area contributed by atoms with Crippen molar-refractivity contribution in [1.82, 2.24) is 4.98 Å². The monoisotopic (exact) mass is 334 g/mol. The summed E-state index contributed by atoms with van der Waals surface area (Å²) in [6.07, 6.45) is -0.153. The fourth-order valence-corrected chi connectivity index (χ4v) is 2.04. The van der Waals surface area contributed by atoms with E-state index in [1.165, 1.54) is 11.8 Å². The summed E-state index contributed by atoms with van der Waals surface area (Å²) in [6.45, 7) is 1.55. The van der Waals surface area contributed by atoms with E-state index in [1.807, 2.05) is 24.3 Å². The lowest BCUT2D eigenvalue weighted by atomic mass is 10.1.